The molecule has 0 spiro atoms. The Kier molecular flexibility index (Phi) is 1.43. The second-order valence-corrected chi connectivity index (χ2v) is 2.50. The molecular formula is C9H6FNO. The van der Waals surface area contributed by atoms with Gasteiger partial charge in [0, 0.05) is 11.6 Å². The molecular weight excluding hydrogens is 157 g/mol. The lowest BCUT2D eigenvalue weighted by atomic mass is 10.2. The largest absolute Gasteiger partial charge is 0.408 e. The minimum absolute atomic E-state index is 0.602. The monoisotopic (exact) mass is 163 g/mol. The first-order valence-electron chi connectivity index (χ1n) is 3.55. The van der Waals surface area contributed by atoms with Crippen LogP contribution in [-0.4, -0.2) is 10.7 Å². The molecule has 0 saturated carbocycles. The van der Waals surface area contributed by atoms with Gasteiger partial charge < -0.3 is 0 Å². The summed E-state index contributed by atoms with van der Waals surface area (Å²) in [5.41, 5.74) is 0.602. The van der Waals surface area contributed by atoms with Gasteiger partial charge in [0.05, 0.1) is 5.52 Å². The van der Waals surface area contributed by atoms with Crippen LogP contribution in [0, 0.1) is 0 Å². The number of nitrogens with zero attached hydrogens (tertiary/aromatic N) is 1. The van der Waals surface area contributed by atoms with Crippen LogP contribution in [0.3, 0.4) is 0 Å². The Morgan fingerprint density at radius 1 is 1.25 bits per heavy atom. The Bertz CT molecular complexity index is 433. The lowest BCUT2D eigenvalue weighted by Crippen LogP contribution is -1.99. The van der Waals surface area contributed by atoms with E-state index < -0.39 is 6.16 Å². The number of rotatable bonds is 0. The average Bonchev–Trinajstić information content (AvgIpc) is 2.47. The molecule has 2 rings (SSSR count). The number of halogens is 1. The highest BCUT2D eigenvalue weighted by molar-refractivity contribution is 5.88. The summed E-state index contributed by atoms with van der Waals surface area (Å²) in [5.74, 6) is 0. The maximum atomic E-state index is 12.3. The van der Waals surface area contributed by atoms with Gasteiger partial charge in [0.2, 0.25) is 0 Å². The summed E-state index contributed by atoms with van der Waals surface area (Å²) in [7, 11) is 0. The van der Waals surface area contributed by atoms with Crippen molar-refractivity contribution in [1.82, 2.24) is 4.57 Å². The van der Waals surface area contributed by atoms with Crippen molar-refractivity contribution >= 4 is 17.1 Å². The third kappa shape index (κ3) is 0.906. The number of benzene rings is 1. The first-order valence-corrected chi connectivity index (χ1v) is 3.55. The number of carbonyl (C=O) groups is 1. The molecule has 0 unspecified atom stereocenters. The summed E-state index contributed by atoms with van der Waals surface area (Å²) in [5, 5.41) is 0.864. The molecule has 0 atom stereocenters. The van der Waals surface area contributed by atoms with Crippen molar-refractivity contribution < 1.29 is 9.18 Å². The molecule has 0 bridgehead atoms. The molecule has 60 valence electrons. The highest BCUT2D eigenvalue weighted by atomic mass is 19.1. The van der Waals surface area contributed by atoms with E-state index in [1.165, 1.54) is 6.20 Å². The van der Waals surface area contributed by atoms with Gasteiger partial charge in [-0.25, -0.2) is 4.79 Å². The van der Waals surface area contributed by atoms with E-state index in [0.29, 0.717) is 5.52 Å². The zero-order valence-corrected chi connectivity index (χ0v) is 6.20. The maximum Gasteiger partial charge on any atom is 0.408 e. The van der Waals surface area contributed by atoms with Crippen LogP contribution in [-0.2, 0) is 0 Å². The van der Waals surface area contributed by atoms with Crippen LogP contribution in [0.25, 0.3) is 10.9 Å². The lowest BCUT2D eigenvalue weighted by Gasteiger charge is -1.94. The summed E-state index contributed by atoms with van der Waals surface area (Å²) in [4.78, 5) is 10.4. The second-order valence-electron chi connectivity index (χ2n) is 2.50. The van der Waals surface area contributed by atoms with Crippen molar-refractivity contribution in [3.8, 4) is 0 Å². The van der Waals surface area contributed by atoms with E-state index in [4.69, 9.17) is 0 Å². The molecule has 1 aromatic carbocycles. The Morgan fingerprint density at radius 3 is 2.75 bits per heavy atom. The number of hydrogen-bond acceptors (Lipinski definition) is 1. The van der Waals surface area contributed by atoms with E-state index in [1.807, 2.05) is 12.1 Å². The number of para-hydroxylation sites is 1. The highest BCUT2D eigenvalue weighted by Gasteiger charge is 2.04. The van der Waals surface area contributed by atoms with Crippen LogP contribution in [0.5, 0.6) is 0 Å². The van der Waals surface area contributed by atoms with Crippen LogP contribution in [0.1, 0.15) is 0 Å². The van der Waals surface area contributed by atoms with Gasteiger partial charge in [-0.1, -0.05) is 18.2 Å². The molecule has 0 N–H and O–H groups in total. The topological polar surface area (TPSA) is 22.0 Å². The van der Waals surface area contributed by atoms with Gasteiger partial charge in [0.1, 0.15) is 0 Å². The van der Waals surface area contributed by atoms with Crippen molar-refractivity contribution in [1.29, 1.82) is 0 Å². The smallest absolute Gasteiger partial charge is 0.259 e. The molecule has 3 heteroatoms. The number of carbonyl (C=O) groups excluding carboxylic acids is 1. The fourth-order valence-electron chi connectivity index (χ4n) is 1.24. The van der Waals surface area contributed by atoms with E-state index in [1.54, 1.807) is 18.2 Å². The molecule has 12 heavy (non-hydrogen) atoms. The van der Waals surface area contributed by atoms with Gasteiger partial charge in [-0.2, -0.15) is 0 Å². The Labute approximate surface area is 68.2 Å². The molecule has 0 fully saturated rings. The highest BCUT2D eigenvalue weighted by Crippen LogP contribution is 2.14. The van der Waals surface area contributed by atoms with Crippen LogP contribution in [0.2, 0.25) is 0 Å². The van der Waals surface area contributed by atoms with Gasteiger partial charge in [0.15, 0.2) is 0 Å². The van der Waals surface area contributed by atoms with Gasteiger partial charge in [0.25, 0.3) is 0 Å². The summed E-state index contributed by atoms with van der Waals surface area (Å²) < 4.78 is 13.3. The van der Waals surface area contributed by atoms with Crippen molar-refractivity contribution in [3.63, 3.8) is 0 Å². The fraction of sp³-hybridized carbons (Fsp3) is 0. The Hall–Kier alpha value is -1.64. The molecule has 2 aromatic rings. The van der Waals surface area contributed by atoms with Crippen LogP contribution >= 0.6 is 0 Å². The fourth-order valence-corrected chi connectivity index (χ4v) is 1.24. The zero-order valence-electron chi connectivity index (χ0n) is 6.20. The minimum atomic E-state index is -1.45. The molecule has 1 heterocycles. The molecule has 0 aliphatic carbocycles. The predicted octanol–water partition coefficient (Wildman–Crippen LogP) is 2.58. The van der Waals surface area contributed by atoms with E-state index in [-0.39, 0.29) is 0 Å². The lowest BCUT2D eigenvalue weighted by molar-refractivity contribution is 0.224. The third-order valence-electron chi connectivity index (χ3n) is 1.79. The van der Waals surface area contributed by atoms with E-state index in [9.17, 15) is 9.18 Å². The quantitative estimate of drug-likeness (QED) is 0.547. The van der Waals surface area contributed by atoms with Gasteiger partial charge in [-0.15, -0.1) is 4.39 Å². The van der Waals surface area contributed by atoms with Gasteiger partial charge in [-0.05, 0) is 12.1 Å². The molecule has 0 aliphatic rings. The minimum Gasteiger partial charge on any atom is -0.259 e. The number of hydrogen-bond donors (Lipinski definition) is 0. The van der Waals surface area contributed by atoms with E-state index >= 15 is 0 Å². The standard InChI is InChI=1S/C9H6FNO/c10-9(12)11-6-5-7-3-1-2-4-8(7)11/h1-6H. The third-order valence-corrected chi connectivity index (χ3v) is 1.79. The molecule has 0 saturated heterocycles. The van der Waals surface area contributed by atoms with Gasteiger partial charge in [-0.3, -0.25) is 4.57 Å². The molecule has 0 aliphatic heterocycles. The summed E-state index contributed by atoms with van der Waals surface area (Å²) >= 11 is 0. The first kappa shape index (κ1) is 7.03. The predicted molar refractivity (Wildman–Crippen MR) is 43.8 cm³/mol. The number of fused-ring (bicyclic) bond motifs is 1. The van der Waals surface area contributed by atoms with E-state index in [2.05, 4.69) is 0 Å². The van der Waals surface area contributed by atoms with Crippen molar-refractivity contribution in [3.05, 3.63) is 36.5 Å². The van der Waals surface area contributed by atoms with Crippen molar-refractivity contribution in [2.24, 2.45) is 0 Å². The maximum absolute atomic E-state index is 12.3. The molecule has 0 radical (unpaired) electrons. The second kappa shape index (κ2) is 2.44. The first-order chi connectivity index (χ1) is 5.79. The van der Waals surface area contributed by atoms with Crippen LogP contribution in [0.4, 0.5) is 9.18 Å². The average molecular weight is 163 g/mol. The summed E-state index contributed by atoms with van der Waals surface area (Å²) in [6.45, 7) is 0. The Morgan fingerprint density at radius 2 is 2.00 bits per heavy atom. The van der Waals surface area contributed by atoms with Crippen molar-refractivity contribution in [2.75, 3.05) is 0 Å². The molecule has 0 amide bonds. The van der Waals surface area contributed by atoms with Gasteiger partial charge >= 0.3 is 6.16 Å². The summed E-state index contributed by atoms with van der Waals surface area (Å²) in [6, 6.07) is 8.84. The van der Waals surface area contributed by atoms with Crippen LogP contribution < -0.4 is 0 Å². The van der Waals surface area contributed by atoms with E-state index in [0.717, 1.165) is 9.95 Å². The summed E-state index contributed by atoms with van der Waals surface area (Å²) in [6.07, 6.45) is -0.0244. The molecule has 1 aromatic heterocycles. The molecule has 2 nitrogen and oxygen atoms in total. The normalized spacial score (nSPS) is 10.4. The Balaban J connectivity index is 2.79. The number of aromatic nitrogens is 1. The van der Waals surface area contributed by atoms with Crippen molar-refractivity contribution in [2.45, 2.75) is 0 Å². The SMILES string of the molecule is O=C(F)n1ccc2ccccc21. The zero-order chi connectivity index (χ0) is 8.55. The van der Waals surface area contributed by atoms with Crippen LogP contribution in [0.15, 0.2) is 36.5 Å².